The number of anilines is 1. The van der Waals surface area contributed by atoms with Crippen molar-refractivity contribution in [3.63, 3.8) is 0 Å². The predicted molar refractivity (Wildman–Crippen MR) is 97.4 cm³/mol. The SMILES string of the molecule is Cc1cccc(OC(C)C(=O)Nc2nc(-c3ccc(F)c(F)c3)cs2)c1. The molecule has 0 saturated carbocycles. The molecule has 0 aliphatic rings. The lowest BCUT2D eigenvalue weighted by molar-refractivity contribution is -0.122. The Morgan fingerprint density at radius 2 is 2.00 bits per heavy atom. The van der Waals surface area contributed by atoms with E-state index in [-0.39, 0.29) is 5.91 Å². The van der Waals surface area contributed by atoms with Crippen LogP contribution in [-0.4, -0.2) is 17.0 Å². The van der Waals surface area contributed by atoms with E-state index in [0.29, 0.717) is 22.1 Å². The second-order valence-electron chi connectivity index (χ2n) is 5.73. The Bertz CT molecular complexity index is 943. The topological polar surface area (TPSA) is 51.2 Å². The van der Waals surface area contributed by atoms with Crippen LogP contribution in [0.4, 0.5) is 13.9 Å². The van der Waals surface area contributed by atoms with E-state index in [4.69, 9.17) is 4.74 Å². The molecule has 0 fully saturated rings. The maximum atomic E-state index is 13.3. The smallest absolute Gasteiger partial charge is 0.266 e. The highest BCUT2D eigenvalue weighted by molar-refractivity contribution is 7.14. The van der Waals surface area contributed by atoms with Crippen molar-refractivity contribution in [1.29, 1.82) is 0 Å². The molecule has 0 bridgehead atoms. The number of hydrogen-bond donors (Lipinski definition) is 1. The fourth-order valence-corrected chi connectivity index (χ4v) is 3.00. The standard InChI is InChI=1S/C19H16F2N2O2S/c1-11-4-3-5-14(8-11)25-12(2)18(24)23-19-22-17(10-26-19)13-6-7-15(20)16(21)9-13/h3-10,12H,1-2H3,(H,22,23,24). The maximum absolute atomic E-state index is 13.3. The number of nitrogens with zero attached hydrogens (tertiary/aromatic N) is 1. The molecule has 7 heteroatoms. The fourth-order valence-electron chi connectivity index (χ4n) is 2.27. The summed E-state index contributed by atoms with van der Waals surface area (Å²) >= 11 is 1.19. The average molecular weight is 374 g/mol. The molecule has 1 heterocycles. The molecule has 1 N–H and O–H groups in total. The number of benzene rings is 2. The largest absolute Gasteiger partial charge is 0.481 e. The number of carbonyl (C=O) groups is 1. The van der Waals surface area contributed by atoms with E-state index in [1.165, 1.54) is 17.4 Å². The molecule has 3 aromatic rings. The zero-order chi connectivity index (χ0) is 18.7. The number of aryl methyl sites for hydroxylation is 1. The normalized spacial score (nSPS) is 11.8. The van der Waals surface area contributed by atoms with Gasteiger partial charge in [-0.3, -0.25) is 10.1 Å². The number of amides is 1. The molecule has 0 saturated heterocycles. The van der Waals surface area contributed by atoms with Gasteiger partial charge in [0.05, 0.1) is 5.69 Å². The van der Waals surface area contributed by atoms with E-state index in [0.717, 1.165) is 17.7 Å². The first-order valence-corrected chi connectivity index (χ1v) is 8.75. The third-order valence-electron chi connectivity index (χ3n) is 3.62. The fraction of sp³-hybridized carbons (Fsp3) is 0.158. The number of aromatic nitrogens is 1. The van der Waals surface area contributed by atoms with Gasteiger partial charge in [-0.25, -0.2) is 13.8 Å². The van der Waals surface area contributed by atoms with E-state index < -0.39 is 17.7 Å². The number of carbonyl (C=O) groups excluding carboxylic acids is 1. The molecule has 1 aromatic heterocycles. The molecule has 3 rings (SSSR count). The highest BCUT2D eigenvalue weighted by atomic mass is 32.1. The first kappa shape index (κ1) is 18.0. The number of rotatable bonds is 5. The van der Waals surface area contributed by atoms with E-state index in [1.807, 2.05) is 25.1 Å². The second kappa shape index (κ2) is 7.61. The van der Waals surface area contributed by atoms with Crippen LogP contribution in [0.15, 0.2) is 47.8 Å². The Hall–Kier alpha value is -2.80. The van der Waals surface area contributed by atoms with Crippen LogP contribution in [-0.2, 0) is 4.79 Å². The average Bonchev–Trinajstić information content (AvgIpc) is 3.05. The van der Waals surface area contributed by atoms with Gasteiger partial charge >= 0.3 is 0 Å². The van der Waals surface area contributed by atoms with Gasteiger partial charge in [-0.2, -0.15) is 0 Å². The van der Waals surface area contributed by atoms with Crippen LogP contribution < -0.4 is 10.1 Å². The predicted octanol–water partition coefficient (Wildman–Crippen LogP) is 4.80. The highest BCUT2D eigenvalue weighted by Crippen LogP contribution is 2.26. The van der Waals surface area contributed by atoms with Gasteiger partial charge < -0.3 is 4.74 Å². The minimum atomic E-state index is -0.943. The van der Waals surface area contributed by atoms with Crippen LogP contribution in [0.5, 0.6) is 5.75 Å². The number of hydrogen-bond acceptors (Lipinski definition) is 4. The zero-order valence-corrected chi connectivity index (χ0v) is 14.9. The summed E-state index contributed by atoms with van der Waals surface area (Å²) < 4.78 is 32.0. The summed E-state index contributed by atoms with van der Waals surface area (Å²) in [4.78, 5) is 16.5. The van der Waals surface area contributed by atoms with Gasteiger partial charge in [0.2, 0.25) is 0 Å². The van der Waals surface area contributed by atoms with Crippen LogP contribution >= 0.6 is 11.3 Å². The molecule has 1 atom stereocenters. The lowest BCUT2D eigenvalue weighted by atomic mass is 10.2. The zero-order valence-electron chi connectivity index (χ0n) is 14.1. The molecule has 1 unspecified atom stereocenters. The van der Waals surface area contributed by atoms with Crippen LogP contribution in [0.1, 0.15) is 12.5 Å². The van der Waals surface area contributed by atoms with Gasteiger partial charge in [-0.1, -0.05) is 12.1 Å². The summed E-state index contributed by atoms with van der Waals surface area (Å²) in [6.45, 7) is 3.58. The molecule has 134 valence electrons. The Morgan fingerprint density at radius 1 is 1.19 bits per heavy atom. The molecule has 0 radical (unpaired) electrons. The van der Waals surface area contributed by atoms with Crippen molar-refractivity contribution in [2.75, 3.05) is 5.32 Å². The van der Waals surface area contributed by atoms with Gasteiger partial charge in [0.25, 0.3) is 5.91 Å². The van der Waals surface area contributed by atoms with Gasteiger partial charge in [0.1, 0.15) is 5.75 Å². The van der Waals surface area contributed by atoms with Crippen molar-refractivity contribution in [1.82, 2.24) is 4.98 Å². The summed E-state index contributed by atoms with van der Waals surface area (Å²) in [5.41, 5.74) is 1.92. The molecule has 26 heavy (non-hydrogen) atoms. The van der Waals surface area contributed by atoms with Crippen molar-refractivity contribution in [2.45, 2.75) is 20.0 Å². The van der Waals surface area contributed by atoms with Gasteiger partial charge in [-0.15, -0.1) is 11.3 Å². The van der Waals surface area contributed by atoms with E-state index in [2.05, 4.69) is 10.3 Å². The third kappa shape index (κ3) is 4.23. The van der Waals surface area contributed by atoms with E-state index in [9.17, 15) is 13.6 Å². The van der Waals surface area contributed by atoms with Gasteiger partial charge in [-0.05, 0) is 49.7 Å². The molecular weight excluding hydrogens is 358 g/mol. The van der Waals surface area contributed by atoms with Crippen LogP contribution in [0.3, 0.4) is 0 Å². The molecular formula is C19H16F2N2O2S. The Morgan fingerprint density at radius 3 is 2.73 bits per heavy atom. The minimum absolute atomic E-state index is 0.349. The molecule has 4 nitrogen and oxygen atoms in total. The Balaban J connectivity index is 1.66. The summed E-state index contributed by atoms with van der Waals surface area (Å²) in [5.74, 6) is -1.60. The van der Waals surface area contributed by atoms with Crippen molar-refractivity contribution in [3.8, 4) is 17.0 Å². The number of nitrogens with one attached hydrogen (secondary N) is 1. The van der Waals surface area contributed by atoms with E-state index >= 15 is 0 Å². The minimum Gasteiger partial charge on any atom is -0.481 e. The van der Waals surface area contributed by atoms with Crippen LogP contribution in [0.25, 0.3) is 11.3 Å². The van der Waals surface area contributed by atoms with Gasteiger partial charge in [0.15, 0.2) is 22.9 Å². The lowest BCUT2D eigenvalue weighted by Crippen LogP contribution is -2.30. The number of halogens is 2. The quantitative estimate of drug-likeness (QED) is 0.698. The van der Waals surface area contributed by atoms with Crippen molar-refractivity contribution < 1.29 is 18.3 Å². The summed E-state index contributed by atoms with van der Waals surface area (Å²) in [7, 11) is 0. The molecule has 2 aromatic carbocycles. The lowest BCUT2D eigenvalue weighted by Gasteiger charge is -2.14. The first-order chi connectivity index (χ1) is 12.4. The first-order valence-electron chi connectivity index (χ1n) is 7.87. The number of ether oxygens (including phenoxy) is 1. The maximum Gasteiger partial charge on any atom is 0.266 e. The van der Waals surface area contributed by atoms with Crippen molar-refractivity contribution in [3.05, 3.63) is 65.0 Å². The van der Waals surface area contributed by atoms with E-state index in [1.54, 1.807) is 18.4 Å². The monoisotopic (exact) mass is 374 g/mol. The second-order valence-corrected chi connectivity index (χ2v) is 6.59. The third-order valence-corrected chi connectivity index (χ3v) is 4.38. The molecule has 0 aliphatic carbocycles. The number of thiazole rings is 1. The highest BCUT2D eigenvalue weighted by Gasteiger charge is 2.17. The summed E-state index contributed by atoms with van der Waals surface area (Å²) in [6.07, 6.45) is -0.715. The van der Waals surface area contributed by atoms with Crippen LogP contribution in [0, 0.1) is 18.6 Å². The summed E-state index contributed by atoms with van der Waals surface area (Å²) in [5, 5.41) is 4.69. The molecule has 0 aliphatic heterocycles. The Labute approximate surface area is 153 Å². The Kier molecular flexibility index (Phi) is 5.27. The molecule has 0 spiro atoms. The van der Waals surface area contributed by atoms with Crippen LogP contribution in [0.2, 0.25) is 0 Å². The summed E-state index contributed by atoms with van der Waals surface area (Å²) in [6, 6.07) is 11.0. The van der Waals surface area contributed by atoms with Crippen molar-refractivity contribution in [2.24, 2.45) is 0 Å². The van der Waals surface area contributed by atoms with Crippen molar-refractivity contribution >= 4 is 22.4 Å². The molecule has 1 amide bonds. The van der Waals surface area contributed by atoms with Gasteiger partial charge in [0, 0.05) is 10.9 Å².